The Hall–Kier alpha value is -2.20. The van der Waals surface area contributed by atoms with Crippen LogP contribution in [0.1, 0.15) is 26.3 Å². The number of aromatic amines is 1. The maximum atomic E-state index is 6.11. The fourth-order valence-electron chi connectivity index (χ4n) is 2.32. The van der Waals surface area contributed by atoms with Gasteiger partial charge in [-0.25, -0.2) is 4.98 Å². The normalized spacial score (nSPS) is 13.5. The number of benzene rings is 1. The summed E-state index contributed by atoms with van der Waals surface area (Å²) in [6, 6.07) is 10.3. The number of fused-ring (bicyclic) bond motifs is 1. The number of nitrogens with two attached hydrogens (primary N) is 1. The number of pyridine rings is 1. The summed E-state index contributed by atoms with van der Waals surface area (Å²) in [5, 5.41) is 0. The molecule has 4 nitrogen and oxygen atoms in total. The monoisotopic (exact) mass is 280 g/mol. The molecule has 0 amide bonds. The van der Waals surface area contributed by atoms with E-state index < -0.39 is 0 Å². The van der Waals surface area contributed by atoms with E-state index >= 15 is 0 Å². The fraction of sp³-hybridized carbons (Fsp3) is 0.294. The van der Waals surface area contributed by atoms with Gasteiger partial charge in [0.05, 0.1) is 11.0 Å². The number of H-pyrrole nitrogens is 1. The minimum atomic E-state index is -0.0794. The zero-order valence-electron chi connectivity index (χ0n) is 12.6. The average Bonchev–Trinajstić information content (AvgIpc) is 2.91. The number of nitrogens with zero attached hydrogens (tertiary/aromatic N) is 2. The highest BCUT2D eigenvalue weighted by Crippen LogP contribution is 2.29. The smallest absolute Gasteiger partial charge is 0.138 e. The van der Waals surface area contributed by atoms with Gasteiger partial charge in [0.15, 0.2) is 0 Å². The third-order valence-corrected chi connectivity index (χ3v) is 4.32. The molecule has 3 rings (SSSR count). The first-order valence-electron chi connectivity index (χ1n) is 7.15. The summed E-state index contributed by atoms with van der Waals surface area (Å²) < 4.78 is 0. The van der Waals surface area contributed by atoms with Crippen LogP contribution in [0.2, 0.25) is 0 Å². The zero-order valence-corrected chi connectivity index (χ0v) is 12.6. The van der Waals surface area contributed by atoms with Crippen molar-refractivity contribution < 1.29 is 0 Å². The SMILES string of the molecule is CC(N)C(C)(C)c1ccc2[nH]c(-c3ccncc3)nc2c1. The molecule has 4 heteroatoms. The van der Waals surface area contributed by atoms with E-state index in [1.54, 1.807) is 12.4 Å². The molecule has 0 bridgehead atoms. The molecular formula is C17H20N4. The highest BCUT2D eigenvalue weighted by Gasteiger charge is 2.25. The molecule has 2 aromatic heterocycles. The molecule has 3 aromatic rings. The molecule has 0 fully saturated rings. The van der Waals surface area contributed by atoms with Gasteiger partial charge in [0, 0.05) is 29.4 Å². The molecular weight excluding hydrogens is 260 g/mol. The third-order valence-electron chi connectivity index (χ3n) is 4.32. The summed E-state index contributed by atoms with van der Waals surface area (Å²) in [6.07, 6.45) is 3.54. The Labute approximate surface area is 124 Å². The second kappa shape index (κ2) is 4.97. The lowest BCUT2D eigenvalue weighted by Gasteiger charge is -2.29. The molecule has 1 unspecified atom stereocenters. The van der Waals surface area contributed by atoms with Crippen LogP contribution in [0.3, 0.4) is 0 Å². The van der Waals surface area contributed by atoms with E-state index in [2.05, 4.69) is 42.0 Å². The Morgan fingerprint density at radius 1 is 1.14 bits per heavy atom. The highest BCUT2D eigenvalue weighted by atomic mass is 14.9. The first kappa shape index (κ1) is 13.8. The van der Waals surface area contributed by atoms with Crippen molar-refractivity contribution in [2.45, 2.75) is 32.2 Å². The maximum Gasteiger partial charge on any atom is 0.138 e. The first-order chi connectivity index (χ1) is 9.98. The van der Waals surface area contributed by atoms with Gasteiger partial charge in [0.2, 0.25) is 0 Å². The van der Waals surface area contributed by atoms with Gasteiger partial charge in [0.1, 0.15) is 5.82 Å². The Kier molecular flexibility index (Phi) is 3.26. The van der Waals surface area contributed by atoms with E-state index in [1.807, 2.05) is 19.1 Å². The Bertz CT molecular complexity index is 757. The van der Waals surface area contributed by atoms with Crippen LogP contribution in [0.4, 0.5) is 0 Å². The average molecular weight is 280 g/mol. The van der Waals surface area contributed by atoms with Gasteiger partial charge in [-0.05, 0) is 36.8 Å². The van der Waals surface area contributed by atoms with Gasteiger partial charge < -0.3 is 10.7 Å². The van der Waals surface area contributed by atoms with Gasteiger partial charge in [-0.2, -0.15) is 0 Å². The van der Waals surface area contributed by atoms with Crippen LogP contribution in [0.5, 0.6) is 0 Å². The number of nitrogens with one attached hydrogen (secondary N) is 1. The van der Waals surface area contributed by atoms with Crippen molar-refractivity contribution >= 4 is 11.0 Å². The molecule has 0 aliphatic carbocycles. The first-order valence-corrected chi connectivity index (χ1v) is 7.15. The number of aromatic nitrogens is 3. The standard InChI is InChI=1S/C17H20N4/c1-11(18)17(2,3)13-4-5-14-15(10-13)21-16(20-14)12-6-8-19-9-7-12/h4-11H,18H2,1-3H3,(H,20,21). The van der Waals surface area contributed by atoms with E-state index in [9.17, 15) is 0 Å². The van der Waals surface area contributed by atoms with Crippen LogP contribution in [-0.4, -0.2) is 21.0 Å². The predicted octanol–water partition coefficient (Wildman–Crippen LogP) is 3.25. The minimum absolute atomic E-state index is 0.0774. The summed E-state index contributed by atoms with van der Waals surface area (Å²) in [5.74, 6) is 0.864. The second-order valence-corrected chi connectivity index (χ2v) is 6.06. The highest BCUT2D eigenvalue weighted by molar-refractivity contribution is 5.80. The number of hydrogen-bond donors (Lipinski definition) is 2. The summed E-state index contributed by atoms with van der Waals surface area (Å²) >= 11 is 0. The zero-order chi connectivity index (χ0) is 15.0. The van der Waals surface area contributed by atoms with Crippen molar-refractivity contribution in [3.8, 4) is 11.4 Å². The molecule has 0 radical (unpaired) electrons. The number of imidazole rings is 1. The van der Waals surface area contributed by atoms with E-state index in [4.69, 9.17) is 10.7 Å². The lowest BCUT2D eigenvalue weighted by atomic mass is 9.79. The molecule has 1 aromatic carbocycles. The Morgan fingerprint density at radius 2 is 1.86 bits per heavy atom. The van der Waals surface area contributed by atoms with Crippen molar-refractivity contribution in [3.63, 3.8) is 0 Å². The molecule has 21 heavy (non-hydrogen) atoms. The summed E-state index contributed by atoms with van der Waals surface area (Å²) in [7, 11) is 0. The van der Waals surface area contributed by atoms with Gasteiger partial charge in [-0.1, -0.05) is 19.9 Å². The van der Waals surface area contributed by atoms with Crippen LogP contribution in [0.25, 0.3) is 22.4 Å². The lowest BCUT2D eigenvalue weighted by Crippen LogP contribution is -2.38. The molecule has 0 saturated carbocycles. The molecule has 3 N–H and O–H groups in total. The van der Waals surface area contributed by atoms with Crippen LogP contribution < -0.4 is 5.73 Å². The van der Waals surface area contributed by atoms with Crippen molar-refractivity contribution in [3.05, 3.63) is 48.3 Å². The van der Waals surface area contributed by atoms with Gasteiger partial charge >= 0.3 is 0 Å². The van der Waals surface area contributed by atoms with Crippen LogP contribution in [0, 0.1) is 0 Å². The van der Waals surface area contributed by atoms with E-state index in [1.165, 1.54) is 5.56 Å². The van der Waals surface area contributed by atoms with E-state index in [0.29, 0.717) is 0 Å². The second-order valence-electron chi connectivity index (χ2n) is 6.06. The van der Waals surface area contributed by atoms with Crippen LogP contribution >= 0.6 is 0 Å². The molecule has 108 valence electrons. The van der Waals surface area contributed by atoms with E-state index in [0.717, 1.165) is 22.4 Å². The van der Waals surface area contributed by atoms with Gasteiger partial charge in [-0.3, -0.25) is 4.98 Å². The van der Waals surface area contributed by atoms with Crippen LogP contribution in [-0.2, 0) is 5.41 Å². The third kappa shape index (κ3) is 2.43. The number of rotatable bonds is 3. The van der Waals surface area contributed by atoms with Crippen molar-refractivity contribution in [2.75, 3.05) is 0 Å². The van der Waals surface area contributed by atoms with Crippen molar-refractivity contribution in [2.24, 2.45) is 5.73 Å². The number of hydrogen-bond acceptors (Lipinski definition) is 3. The molecule has 0 saturated heterocycles. The lowest BCUT2D eigenvalue weighted by molar-refractivity contribution is 0.434. The van der Waals surface area contributed by atoms with Crippen molar-refractivity contribution in [1.82, 2.24) is 15.0 Å². The summed E-state index contributed by atoms with van der Waals surface area (Å²) in [5.41, 5.74) is 10.3. The minimum Gasteiger partial charge on any atom is -0.338 e. The van der Waals surface area contributed by atoms with Crippen molar-refractivity contribution in [1.29, 1.82) is 0 Å². The van der Waals surface area contributed by atoms with Crippen LogP contribution in [0.15, 0.2) is 42.7 Å². The molecule has 0 aliphatic rings. The van der Waals surface area contributed by atoms with E-state index in [-0.39, 0.29) is 11.5 Å². The maximum absolute atomic E-state index is 6.11. The molecule has 2 heterocycles. The molecule has 1 atom stereocenters. The topological polar surface area (TPSA) is 67.6 Å². The fourth-order valence-corrected chi connectivity index (χ4v) is 2.32. The summed E-state index contributed by atoms with van der Waals surface area (Å²) in [6.45, 7) is 6.36. The largest absolute Gasteiger partial charge is 0.338 e. The van der Waals surface area contributed by atoms with Gasteiger partial charge in [0.25, 0.3) is 0 Å². The quantitative estimate of drug-likeness (QED) is 0.774. The summed E-state index contributed by atoms with van der Waals surface area (Å²) in [4.78, 5) is 12.1. The Morgan fingerprint density at radius 3 is 2.52 bits per heavy atom. The Balaban J connectivity index is 2.08. The predicted molar refractivity (Wildman–Crippen MR) is 86.0 cm³/mol. The van der Waals surface area contributed by atoms with Gasteiger partial charge in [-0.15, -0.1) is 0 Å². The molecule has 0 spiro atoms. The molecule has 0 aliphatic heterocycles.